The molecular formula is C38H56N6O9. The molecule has 7 amide bonds. The molecule has 0 spiro atoms. The number of urea groups is 1. The molecule has 0 saturated carbocycles. The lowest BCUT2D eigenvalue weighted by Crippen LogP contribution is -2.45. The fourth-order valence-electron chi connectivity index (χ4n) is 6.04. The third kappa shape index (κ3) is 14.8. The van der Waals surface area contributed by atoms with E-state index < -0.39 is 36.0 Å². The van der Waals surface area contributed by atoms with Crippen molar-refractivity contribution in [3.05, 3.63) is 42.0 Å². The molecule has 0 bridgehead atoms. The van der Waals surface area contributed by atoms with Crippen molar-refractivity contribution in [2.24, 2.45) is 23.5 Å². The summed E-state index contributed by atoms with van der Waals surface area (Å²) in [4.78, 5) is 102. The lowest BCUT2D eigenvalue weighted by Gasteiger charge is -2.29. The van der Waals surface area contributed by atoms with Crippen LogP contribution in [-0.2, 0) is 40.1 Å². The highest BCUT2D eigenvalue weighted by molar-refractivity contribution is 6.12. The second-order valence-corrected chi connectivity index (χ2v) is 13.9. The van der Waals surface area contributed by atoms with E-state index in [-0.39, 0.29) is 80.1 Å². The summed E-state index contributed by atoms with van der Waals surface area (Å²) in [6.07, 6.45) is 4.43. The van der Waals surface area contributed by atoms with E-state index in [1.165, 1.54) is 24.1 Å². The van der Waals surface area contributed by atoms with Crippen LogP contribution in [0.4, 0.5) is 15.3 Å². The van der Waals surface area contributed by atoms with Crippen LogP contribution >= 0.6 is 0 Å². The number of nitrogens with one attached hydrogen (secondary N) is 3. The van der Waals surface area contributed by atoms with Crippen LogP contribution in [0.2, 0.25) is 0 Å². The second-order valence-electron chi connectivity index (χ2n) is 13.9. The Kier molecular flexibility index (Phi) is 18.4. The van der Waals surface area contributed by atoms with Crippen molar-refractivity contribution in [3.8, 4) is 0 Å². The molecule has 1 aromatic rings. The van der Waals surface area contributed by atoms with Gasteiger partial charge in [0.25, 0.3) is 11.8 Å². The van der Waals surface area contributed by atoms with Gasteiger partial charge in [-0.05, 0) is 55.2 Å². The third-order valence-electron chi connectivity index (χ3n) is 8.96. The highest BCUT2D eigenvalue weighted by Crippen LogP contribution is 2.20. The number of hydrogen-bond donors (Lipinski definition) is 4. The molecule has 5 N–H and O–H groups in total. The Morgan fingerprint density at radius 2 is 1.51 bits per heavy atom. The van der Waals surface area contributed by atoms with Gasteiger partial charge in [0.2, 0.25) is 11.8 Å². The number of rotatable bonds is 23. The Balaban J connectivity index is 1.98. The van der Waals surface area contributed by atoms with Crippen molar-refractivity contribution in [1.82, 2.24) is 20.4 Å². The van der Waals surface area contributed by atoms with Gasteiger partial charge in [0.15, 0.2) is 11.6 Å². The Hall–Kier alpha value is -5.08. The van der Waals surface area contributed by atoms with Crippen molar-refractivity contribution >= 4 is 53.0 Å². The van der Waals surface area contributed by atoms with Crippen molar-refractivity contribution in [2.45, 2.75) is 105 Å². The summed E-state index contributed by atoms with van der Waals surface area (Å²) >= 11 is 0. The number of imide groups is 1. The number of carbonyl (C=O) groups is 8. The van der Waals surface area contributed by atoms with Gasteiger partial charge in [-0.2, -0.15) is 0 Å². The van der Waals surface area contributed by atoms with Crippen LogP contribution < -0.4 is 21.7 Å². The molecule has 1 aliphatic heterocycles. The Bertz CT molecular complexity index is 1470. The standard InChI is InChI=1S/C38H56N6O9/c1-7-29(45)35(25(4)5)43(6)38(52)53-23-26-14-16-28(17-15-26)41-36(50)27(12-11-20-40-37(39)51)22-30(46)34(24(2)3)42-31(47)13-9-8-10-21-44-32(48)18-19-33(44)49/h14-19,24-25,27,34-35H,7-13,20-23H2,1-6H3,(H,41,50)(H,42,47)(H3,39,40,51)/t27-,34+,35+/m1/s1. The summed E-state index contributed by atoms with van der Waals surface area (Å²) in [5.74, 6) is -2.90. The fourth-order valence-corrected chi connectivity index (χ4v) is 6.04. The number of unbranched alkanes of at least 4 members (excludes halogenated alkanes) is 2. The first-order chi connectivity index (χ1) is 25.0. The number of anilines is 1. The van der Waals surface area contributed by atoms with Crippen LogP contribution in [0.5, 0.6) is 0 Å². The average molecular weight is 741 g/mol. The van der Waals surface area contributed by atoms with Gasteiger partial charge in [-0.1, -0.05) is 53.2 Å². The van der Waals surface area contributed by atoms with Crippen LogP contribution in [0.15, 0.2) is 36.4 Å². The number of hydrogen-bond acceptors (Lipinski definition) is 9. The summed E-state index contributed by atoms with van der Waals surface area (Å²) in [6.45, 7) is 9.52. The molecule has 3 atom stereocenters. The predicted molar refractivity (Wildman–Crippen MR) is 198 cm³/mol. The van der Waals surface area contributed by atoms with Gasteiger partial charge in [0.05, 0.1) is 12.1 Å². The summed E-state index contributed by atoms with van der Waals surface area (Å²) in [7, 11) is 1.54. The van der Waals surface area contributed by atoms with E-state index in [9.17, 15) is 38.4 Å². The van der Waals surface area contributed by atoms with Gasteiger partial charge in [-0.15, -0.1) is 0 Å². The van der Waals surface area contributed by atoms with Gasteiger partial charge >= 0.3 is 12.1 Å². The maximum atomic E-state index is 13.5. The van der Waals surface area contributed by atoms with Crippen molar-refractivity contribution < 1.29 is 43.1 Å². The monoisotopic (exact) mass is 740 g/mol. The van der Waals surface area contributed by atoms with E-state index in [2.05, 4.69) is 16.0 Å². The van der Waals surface area contributed by atoms with Gasteiger partial charge in [0, 0.05) is 63.2 Å². The minimum atomic E-state index is -0.829. The largest absolute Gasteiger partial charge is 0.445 e. The maximum absolute atomic E-state index is 13.5. The molecule has 0 aromatic heterocycles. The highest BCUT2D eigenvalue weighted by Gasteiger charge is 2.31. The fraction of sp³-hybridized carbons (Fsp3) is 0.579. The van der Waals surface area contributed by atoms with Crippen LogP contribution in [0, 0.1) is 17.8 Å². The van der Waals surface area contributed by atoms with Gasteiger partial charge in [0.1, 0.15) is 6.61 Å². The molecule has 0 radical (unpaired) electrons. The van der Waals surface area contributed by atoms with Crippen LogP contribution in [0.3, 0.4) is 0 Å². The average Bonchev–Trinajstić information content (AvgIpc) is 3.42. The van der Waals surface area contributed by atoms with Gasteiger partial charge < -0.3 is 31.3 Å². The Morgan fingerprint density at radius 3 is 2.08 bits per heavy atom. The molecule has 1 aliphatic rings. The number of Topliss-reactive ketones (excluding diaryl/α,β-unsaturated/α-hetero) is 2. The molecule has 0 saturated heterocycles. The van der Waals surface area contributed by atoms with E-state index in [1.807, 2.05) is 13.8 Å². The molecule has 0 fully saturated rings. The number of nitrogens with two attached hydrogens (primary N) is 1. The second kappa shape index (κ2) is 22.1. The smallest absolute Gasteiger partial charge is 0.410 e. The Labute approximate surface area is 311 Å². The van der Waals surface area contributed by atoms with Crippen molar-refractivity contribution in [3.63, 3.8) is 0 Å². The van der Waals surface area contributed by atoms with Gasteiger partial charge in [-0.3, -0.25) is 33.7 Å². The number of ketones is 2. The zero-order chi connectivity index (χ0) is 39.7. The molecule has 15 nitrogen and oxygen atoms in total. The van der Waals surface area contributed by atoms with Crippen LogP contribution in [-0.4, -0.2) is 89.3 Å². The molecule has 2 rings (SSSR count). The SMILES string of the molecule is CCC(=O)[C@H](C(C)C)N(C)C(=O)OCc1ccc(NC(=O)[C@H](CCCNC(N)=O)CC(=O)[C@@H](NC(=O)CCCCCN2C(=O)C=CC2=O)C(C)C)cc1. The van der Waals surface area contributed by atoms with E-state index in [4.69, 9.17) is 10.5 Å². The topological polar surface area (TPSA) is 214 Å². The van der Waals surface area contributed by atoms with E-state index in [1.54, 1.807) is 45.0 Å². The zero-order valence-corrected chi connectivity index (χ0v) is 31.8. The number of likely N-dealkylation sites (N-methyl/N-ethyl adjacent to an activating group) is 1. The first-order valence-corrected chi connectivity index (χ1v) is 18.3. The zero-order valence-electron chi connectivity index (χ0n) is 31.8. The van der Waals surface area contributed by atoms with Gasteiger partial charge in [-0.25, -0.2) is 9.59 Å². The molecule has 15 heteroatoms. The van der Waals surface area contributed by atoms with Crippen LogP contribution in [0.25, 0.3) is 0 Å². The lowest BCUT2D eigenvalue weighted by atomic mass is 9.89. The minimum Gasteiger partial charge on any atom is -0.445 e. The van der Waals surface area contributed by atoms with E-state index in [0.717, 1.165) is 4.90 Å². The number of ether oxygens (including phenoxy) is 1. The minimum absolute atomic E-state index is 0.0484. The number of benzene rings is 1. The third-order valence-corrected chi connectivity index (χ3v) is 8.96. The first-order valence-electron chi connectivity index (χ1n) is 18.3. The highest BCUT2D eigenvalue weighted by atomic mass is 16.6. The van der Waals surface area contributed by atoms with Crippen LogP contribution in [0.1, 0.15) is 91.5 Å². The van der Waals surface area contributed by atoms with E-state index >= 15 is 0 Å². The molecule has 0 aliphatic carbocycles. The molecule has 1 heterocycles. The predicted octanol–water partition coefficient (Wildman–Crippen LogP) is 3.85. The maximum Gasteiger partial charge on any atom is 0.410 e. The number of carbonyl (C=O) groups excluding carboxylic acids is 8. The number of nitrogens with zero attached hydrogens (tertiary/aromatic N) is 2. The first kappa shape index (κ1) is 44.1. The number of amides is 7. The van der Waals surface area contributed by atoms with Crippen molar-refractivity contribution in [1.29, 1.82) is 0 Å². The number of primary amides is 1. The summed E-state index contributed by atoms with van der Waals surface area (Å²) in [6, 6.07) is 4.53. The molecule has 292 valence electrons. The quantitative estimate of drug-likeness (QED) is 0.0946. The molecule has 1 aromatic carbocycles. The summed E-state index contributed by atoms with van der Waals surface area (Å²) in [5.41, 5.74) is 6.28. The summed E-state index contributed by atoms with van der Waals surface area (Å²) < 4.78 is 5.43. The van der Waals surface area contributed by atoms with Crippen molar-refractivity contribution in [2.75, 3.05) is 25.5 Å². The molecule has 53 heavy (non-hydrogen) atoms. The molecular weight excluding hydrogens is 684 g/mol. The Morgan fingerprint density at radius 1 is 0.868 bits per heavy atom. The normalized spacial score (nSPS) is 14.2. The summed E-state index contributed by atoms with van der Waals surface area (Å²) in [5, 5.41) is 8.13. The molecule has 0 unspecified atom stereocenters. The van der Waals surface area contributed by atoms with E-state index in [0.29, 0.717) is 43.4 Å². The lowest BCUT2D eigenvalue weighted by molar-refractivity contribution is -0.137.